The average Bonchev–Trinajstić information content (AvgIpc) is 2.89. The molecule has 0 spiro atoms. The first kappa shape index (κ1) is 13.7. The second-order valence-corrected chi connectivity index (χ2v) is 5.42. The lowest BCUT2D eigenvalue weighted by Crippen LogP contribution is -2.06. The minimum atomic E-state index is -0.303. The third kappa shape index (κ3) is 3.27. The lowest BCUT2D eigenvalue weighted by Gasteiger charge is -2.07. The van der Waals surface area contributed by atoms with E-state index in [9.17, 15) is 4.39 Å². The molecule has 2 aromatic heterocycles. The van der Waals surface area contributed by atoms with E-state index in [1.165, 1.54) is 18.5 Å². The van der Waals surface area contributed by atoms with Crippen LogP contribution in [0.2, 0.25) is 0 Å². The summed E-state index contributed by atoms with van der Waals surface area (Å²) in [6, 6.07) is 4.48. The van der Waals surface area contributed by atoms with Gasteiger partial charge in [-0.1, -0.05) is 11.8 Å². The number of fused-ring (bicyclic) bond motifs is 1. The molecule has 0 aliphatic carbocycles. The number of aryl methyl sites for hydroxylation is 1. The SMILES string of the molecule is Cc1nc(SCCNc2ncnc3cc(F)ccc23)n[nH]1. The second kappa shape index (κ2) is 6.04. The zero-order chi connectivity index (χ0) is 14.7. The quantitative estimate of drug-likeness (QED) is 0.556. The molecule has 108 valence electrons. The third-order valence-corrected chi connectivity index (χ3v) is 3.65. The number of thioether (sulfide) groups is 1. The number of H-pyrrole nitrogens is 1. The molecule has 0 aliphatic rings. The highest BCUT2D eigenvalue weighted by molar-refractivity contribution is 7.99. The maximum atomic E-state index is 13.2. The zero-order valence-corrected chi connectivity index (χ0v) is 12.1. The van der Waals surface area contributed by atoms with Gasteiger partial charge in [-0.2, -0.15) is 0 Å². The monoisotopic (exact) mass is 304 g/mol. The molecule has 0 aliphatic heterocycles. The van der Waals surface area contributed by atoms with E-state index in [1.807, 2.05) is 6.92 Å². The van der Waals surface area contributed by atoms with Crippen LogP contribution in [0, 0.1) is 12.7 Å². The Morgan fingerprint density at radius 2 is 2.24 bits per heavy atom. The van der Waals surface area contributed by atoms with Crippen LogP contribution < -0.4 is 5.32 Å². The largest absolute Gasteiger partial charge is 0.369 e. The van der Waals surface area contributed by atoms with Crippen molar-refractivity contribution in [1.29, 1.82) is 0 Å². The van der Waals surface area contributed by atoms with Crippen molar-refractivity contribution in [3.05, 3.63) is 36.2 Å². The molecule has 0 saturated heterocycles. The first-order valence-electron chi connectivity index (χ1n) is 6.38. The number of anilines is 1. The van der Waals surface area contributed by atoms with Gasteiger partial charge in [0, 0.05) is 23.8 Å². The van der Waals surface area contributed by atoms with Gasteiger partial charge in [0.1, 0.15) is 23.8 Å². The lowest BCUT2D eigenvalue weighted by molar-refractivity contribution is 0.629. The topological polar surface area (TPSA) is 79.4 Å². The smallest absolute Gasteiger partial charge is 0.208 e. The predicted molar refractivity (Wildman–Crippen MR) is 79.8 cm³/mol. The van der Waals surface area contributed by atoms with Crippen LogP contribution in [0.25, 0.3) is 10.9 Å². The van der Waals surface area contributed by atoms with Gasteiger partial charge in [-0.3, -0.25) is 5.10 Å². The maximum Gasteiger partial charge on any atom is 0.208 e. The van der Waals surface area contributed by atoms with E-state index >= 15 is 0 Å². The first-order chi connectivity index (χ1) is 10.2. The highest BCUT2D eigenvalue weighted by Crippen LogP contribution is 2.20. The van der Waals surface area contributed by atoms with E-state index in [-0.39, 0.29) is 5.82 Å². The van der Waals surface area contributed by atoms with Gasteiger partial charge in [0.2, 0.25) is 5.16 Å². The summed E-state index contributed by atoms with van der Waals surface area (Å²) in [5, 5.41) is 11.6. The summed E-state index contributed by atoms with van der Waals surface area (Å²) in [5.74, 6) is 1.99. The van der Waals surface area contributed by atoms with Crippen molar-refractivity contribution in [3.8, 4) is 0 Å². The number of rotatable bonds is 5. The summed E-state index contributed by atoms with van der Waals surface area (Å²) in [5.41, 5.74) is 0.588. The molecule has 8 heteroatoms. The summed E-state index contributed by atoms with van der Waals surface area (Å²) >= 11 is 1.55. The molecule has 21 heavy (non-hydrogen) atoms. The van der Waals surface area contributed by atoms with Crippen LogP contribution in [-0.4, -0.2) is 37.4 Å². The van der Waals surface area contributed by atoms with Crippen molar-refractivity contribution in [2.75, 3.05) is 17.6 Å². The van der Waals surface area contributed by atoms with Crippen LogP contribution in [0.3, 0.4) is 0 Å². The number of nitrogens with one attached hydrogen (secondary N) is 2. The van der Waals surface area contributed by atoms with Gasteiger partial charge in [-0.25, -0.2) is 19.3 Å². The van der Waals surface area contributed by atoms with Crippen LogP contribution >= 0.6 is 11.8 Å². The summed E-state index contributed by atoms with van der Waals surface area (Å²) in [4.78, 5) is 12.5. The van der Waals surface area contributed by atoms with Gasteiger partial charge < -0.3 is 5.32 Å². The fraction of sp³-hybridized carbons (Fsp3) is 0.231. The van der Waals surface area contributed by atoms with Crippen molar-refractivity contribution in [2.24, 2.45) is 0 Å². The Morgan fingerprint density at radius 1 is 1.33 bits per heavy atom. The van der Waals surface area contributed by atoms with Crippen LogP contribution in [0.4, 0.5) is 10.2 Å². The summed E-state index contributed by atoms with van der Waals surface area (Å²) < 4.78 is 13.2. The Bertz CT molecular complexity index is 759. The molecule has 2 N–H and O–H groups in total. The third-order valence-electron chi connectivity index (χ3n) is 2.80. The molecule has 6 nitrogen and oxygen atoms in total. The minimum Gasteiger partial charge on any atom is -0.369 e. The van der Waals surface area contributed by atoms with Crippen LogP contribution in [0.15, 0.2) is 29.7 Å². The number of halogens is 1. The van der Waals surface area contributed by atoms with Gasteiger partial charge in [0.25, 0.3) is 0 Å². The van der Waals surface area contributed by atoms with Crippen LogP contribution in [-0.2, 0) is 0 Å². The molecule has 0 fully saturated rings. The molecule has 0 radical (unpaired) electrons. The van der Waals surface area contributed by atoms with E-state index in [2.05, 4.69) is 30.5 Å². The lowest BCUT2D eigenvalue weighted by atomic mass is 10.2. The molecule has 1 aromatic carbocycles. The van der Waals surface area contributed by atoms with Crippen molar-refractivity contribution in [3.63, 3.8) is 0 Å². The molecule has 3 rings (SSSR count). The Labute approximate surface area is 124 Å². The number of aromatic amines is 1. The number of hydrogen-bond acceptors (Lipinski definition) is 6. The maximum absolute atomic E-state index is 13.2. The number of nitrogens with zero attached hydrogens (tertiary/aromatic N) is 4. The Hall–Kier alpha value is -2.22. The minimum absolute atomic E-state index is 0.303. The van der Waals surface area contributed by atoms with E-state index in [1.54, 1.807) is 17.8 Å². The Balaban J connectivity index is 1.63. The van der Waals surface area contributed by atoms with Crippen LogP contribution in [0.5, 0.6) is 0 Å². The van der Waals surface area contributed by atoms with Gasteiger partial charge in [0.15, 0.2) is 0 Å². The first-order valence-corrected chi connectivity index (χ1v) is 7.37. The molecule has 0 atom stereocenters. The molecular weight excluding hydrogens is 291 g/mol. The van der Waals surface area contributed by atoms with Gasteiger partial charge in [-0.15, -0.1) is 5.10 Å². The standard InChI is InChI=1S/C13H13FN6S/c1-8-18-13(20-19-8)21-5-4-15-12-10-3-2-9(14)6-11(10)16-7-17-12/h2-3,6-7H,4-5H2,1H3,(H,15,16,17)(H,18,19,20). The number of aromatic nitrogens is 5. The zero-order valence-electron chi connectivity index (χ0n) is 11.3. The van der Waals surface area contributed by atoms with E-state index in [0.29, 0.717) is 17.9 Å². The van der Waals surface area contributed by atoms with Gasteiger partial charge >= 0.3 is 0 Å². The van der Waals surface area contributed by atoms with E-state index in [0.717, 1.165) is 22.1 Å². The molecule has 0 saturated carbocycles. The highest BCUT2D eigenvalue weighted by Gasteiger charge is 2.05. The normalized spacial score (nSPS) is 11.0. The van der Waals surface area contributed by atoms with Crippen molar-refractivity contribution in [1.82, 2.24) is 25.1 Å². The second-order valence-electron chi connectivity index (χ2n) is 4.36. The molecule has 0 unspecified atom stereocenters. The van der Waals surface area contributed by atoms with Crippen LogP contribution in [0.1, 0.15) is 5.82 Å². The average molecular weight is 304 g/mol. The molecular formula is C13H13FN6S. The molecule has 0 amide bonds. The Kier molecular flexibility index (Phi) is 3.96. The molecule has 0 bridgehead atoms. The fourth-order valence-electron chi connectivity index (χ4n) is 1.87. The summed E-state index contributed by atoms with van der Waals surface area (Å²) in [6.45, 7) is 2.56. The number of hydrogen-bond donors (Lipinski definition) is 2. The fourth-order valence-corrected chi connectivity index (χ4v) is 2.57. The van der Waals surface area contributed by atoms with E-state index < -0.39 is 0 Å². The van der Waals surface area contributed by atoms with E-state index in [4.69, 9.17) is 0 Å². The number of benzene rings is 1. The molecule has 3 aromatic rings. The summed E-state index contributed by atoms with van der Waals surface area (Å²) in [6.07, 6.45) is 1.43. The van der Waals surface area contributed by atoms with Crippen molar-refractivity contribution in [2.45, 2.75) is 12.1 Å². The van der Waals surface area contributed by atoms with Crippen molar-refractivity contribution < 1.29 is 4.39 Å². The Morgan fingerprint density at radius 3 is 3.05 bits per heavy atom. The van der Waals surface area contributed by atoms with Gasteiger partial charge in [-0.05, 0) is 19.1 Å². The highest BCUT2D eigenvalue weighted by atomic mass is 32.2. The predicted octanol–water partition coefficient (Wildman–Crippen LogP) is 2.40. The summed E-state index contributed by atoms with van der Waals surface area (Å²) in [7, 11) is 0. The van der Waals surface area contributed by atoms with Crippen molar-refractivity contribution >= 4 is 28.5 Å². The molecule has 2 heterocycles. The van der Waals surface area contributed by atoms with Gasteiger partial charge in [0.05, 0.1) is 5.52 Å².